The maximum absolute atomic E-state index is 13.5. The van der Waals surface area contributed by atoms with Crippen molar-refractivity contribution < 1.29 is 59.2 Å². The number of aliphatic hydroxyl groups excluding tert-OH is 3. The number of hydrogen-bond acceptors (Lipinski definition) is 13. The van der Waals surface area contributed by atoms with Gasteiger partial charge in [0, 0.05) is 23.8 Å². The van der Waals surface area contributed by atoms with Crippen LogP contribution in [0.5, 0.6) is 28.7 Å². The van der Waals surface area contributed by atoms with Crippen molar-refractivity contribution in [1.82, 2.24) is 0 Å². The van der Waals surface area contributed by atoms with Crippen LogP contribution < -0.4 is 10.2 Å². The number of hydrogen-bond donors (Lipinski definition) is 7. The summed E-state index contributed by atoms with van der Waals surface area (Å²) in [6.07, 6.45) is -6.11. The van der Waals surface area contributed by atoms with E-state index in [1.54, 1.807) is 0 Å². The summed E-state index contributed by atoms with van der Waals surface area (Å²) >= 11 is 0. The van der Waals surface area contributed by atoms with Gasteiger partial charge in [-0.3, -0.25) is 4.79 Å². The summed E-state index contributed by atoms with van der Waals surface area (Å²) in [6, 6.07) is 13.3. The first-order chi connectivity index (χ1) is 20.5. The van der Waals surface area contributed by atoms with E-state index in [9.17, 15) is 45.3 Å². The highest BCUT2D eigenvalue weighted by Crippen LogP contribution is 2.37. The second kappa shape index (κ2) is 12.0. The molecule has 1 fully saturated rings. The lowest BCUT2D eigenvalue weighted by Crippen LogP contribution is -2.61. The molecule has 0 saturated carbocycles. The van der Waals surface area contributed by atoms with Crippen molar-refractivity contribution in [3.63, 3.8) is 0 Å². The Morgan fingerprint density at radius 2 is 1.53 bits per heavy atom. The summed E-state index contributed by atoms with van der Waals surface area (Å²) in [5, 5.41) is 70.6. The highest BCUT2D eigenvalue weighted by molar-refractivity contribution is 5.88. The minimum atomic E-state index is -1.92. The second-order valence-electron chi connectivity index (χ2n) is 9.63. The largest absolute Gasteiger partial charge is 0.508 e. The van der Waals surface area contributed by atoms with E-state index in [0.29, 0.717) is 5.56 Å². The van der Waals surface area contributed by atoms with Crippen molar-refractivity contribution in [3.05, 3.63) is 82.5 Å². The Labute approximate surface area is 242 Å². The SMILES string of the molecule is O=C(/C=C/c1ccc(O)cc1)O[C@H]1[C@H](O)[C@@H](O)[C@H](Oc2c(-c3ccc(O)cc3)oc3cc(O)cc(O)c3c2=O)O[C@@H]1CO. The molecule has 13 heteroatoms. The molecular formula is C30H26O13. The molecule has 1 aliphatic rings. The van der Waals surface area contributed by atoms with Crippen molar-refractivity contribution >= 4 is 23.0 Å². The third-order valence-electron chi connectivity index (χ3n) is 6.66. The standard InChI is InChI=1S/C30H26O13/c31-13-21-28(42-22(36)10-3-14-1-6-16(32)7-2-14)25(38)26(39)30(41-21)43-29-24(37)23-19(35)11-18(34)12-20(23)40-27(29)15-4-8-17(33)9-5-15/h1-12,21,25-26,28,30-35,38-39H,13H2/b10-3+/t21-,25-,26-,28-,30+/m1/s1. The summed E-state index contributed by atoms with van der Waals surface area (Å²) in [7, 11) is 0. The summed E-state index contributed by atoms with van der Waals surface area (Å²) in [4.78, 5) is 26.0. The third kappa shape index (κ3) is 6.10. The lowest BCUT2D eigenvalue weighted by Gasteiger charge is -2.41. The quantitative estimate of drug-likeness (QED) is 0.120. The van der Waals surface area contributed by atoms with E-state index in [4.69, 9.17) is 18.6 Å². The number of esters is 1. The summed E-state index contributed by atoms with van der Waals surface area (Å²) < 4.78 is 22.4. The van der Waals surface area contributed by atoms with Crippen LogP contribution in [0.1, 0.15) is 5.56 Å². The van der Waals surface area contributed by atoms with Crippen LogP contribution in [0, 0.1) is 0 Å². The lowest BCUT2D eigenvalue weighted by molar-refractivity contribution is -0.280. The first-order valence-electron chi connectivity index (χ1n) is 12.8. The Bertz CT molecular complexity index is 1710. The zero-order chi connectivity index (χ0) is 30.8. The number of aliphatic hydroxyl groups is 3. The fourth-order valence-corrected chi connectivity index (χ4v) is 4.51. The van der Waals surface area contributed by atoms with E-state index in [1.807, 2.05) is 0 Å². The van der Waals surface area contributed by atoms with Crippen LogP contribution in [0.25, 0.3) is 28.4 Å². The third-order valence-corrected chi connectivity index (χ3v) is 6.66. The van der Waals surface area contributed by atoms with Crippen LogP contribution in [0.3, 0.4) is 0 Å². The highest BCUT2D eigenvalue weighted by Gasteiger charge is 2.48. The number of carbonyl (C=O) groups is 1. The van der Waals surface area contributed by atoms with Crippen LogP contribution in [-0.2, 0) is 14.3 Å². The van der Waals surface area contributed by atoms with Crippen molar-refractivity contribution in [1.29, 1.82) is 0 Å². The minimum Gasteiger partial charge on any atom is -0.508 e. The molecule has 5 atom stereocenters. The number of carbonyl (C=O) groups excluding carboxylic acids is 1. The normalized spacial score (nSPS) is 22.1. The van der Waals surface area contributed by atoms with Gasteiger partial charge in [0.05, 0.1) is 6.61 Å². The minimum absolute atomic E-state index is 0.0338. The van der Waals surface area contributed by atoms with Gasteiger partial charge in [0.2, 0.25) is 17.5 Å². The fourth-order valence-electron chi connectivity index (χ4n) is 4.51. The topological polar surface area (TPSA) is 217 Å². The van der Waals surface area contributed by atoms with Crippen LogP contribution in [0.2, 0.25) is 0 Å². The molecule has 7 N–H and O–H groups in total. The molecule has 2 heterocycles. The summed E-state index contributed by atoms with van der Waals surface area (Å²) in [5.74, 6) is -2.82. The molecule has 5 rings (SSSR count). The van der Waals surface area contributed by atoms with Gasteiger partial charge < -0.3 is 54.4 Å². The van der Waals surface area contributed by atoms with E-state index in [2.05, 4.69) is 0 Å². The fraction of sp³-hybridized carbons (Fsp3) is 0.200. The number of phenolic OH excluding ortho intramolecular Hbond substituents is 4. The van der Waals surface area contributed by atoms with Gasteiger partial charge in [-0.1, -0.05) is 12.1 Å². The van der Waals surface area contributed by atoms with Gasteiger partial charge in [0.1, 0.15) is 52.3 Å². The zero-order valence-corrected chi connectivity index (χ0v) is 22.1. The Balaban J connectivity index is 1.44. The van der Waals surface area contributed by atoms with Crippen molar-refractivity contribution in [2.24, 2.45) is 0 Å². The number of aromatic hydroxyl groups is 4. The molecule has 0 bridgehead atoms. The number of ether oxygens (including phenoxy) is 3. The van der Waals surface area contributed by atoms with E-state index in [-0.39, 0.29) is 33.8 Å². The molecular weight excluding hydrogens is 568 g/mol. The average Bonchev–Trinajstić information content (AvgIpc) is 2.97. The van der Waals surface area contributed by atoms with E-state index in [0.717, 1.165) is 18.2 Å². The summed E-state index contributed by atoms with van der Waals surface area (Å²) in [6.45, 7) is -0.791. The van der Waals surface area contributed by atoms with Crippen LogP contribution >= 0.6 is 0 Å². The molecule has 4 aromatic rings. The smallest absolute Gasteiger partial charge is 0.331 e. The van der Waals surface area contributed by atoms with E-state index >= 15 is 0 Å². The molecule has 0 amide bonds. The summed E-state index contributed by atoms with van der Waals surface area (Å²) in [5.41, 5.74) is -0.363. The molecule has 0 unspecified atom stereocenters. The second-order valence-corrected chi connectivity index (χ2v) is 9.63. The van der Waals surface area contributed by atoms with Crippen molar-refractivity contribution in [2.45, 2.75) is 30.7 Å². The Morgan fingerprint density at radius 3 is 2.19 bits per heavy atom. The number of phenols is 4. The van der Waals surface area contributed by atoms with Crippen molar-refractivity contribution in [2.75, 3.05) is 6.61 Å². The zero-order valence-electron chi connectivity index (χ0n) is 22.1. The first kappa shape index (κ1) is 29.4. The molecule has 224 valence electrons. The van der Waals surface area contributed by atoms with Gasteiger partial charge in [-0.05, 0) is 48.0 Å². The number of benzene rings is 3. The lowest BCUT2D eigenvalue weighted by atomic mass is 9.99. The first-order valence-corrected chi connectivity index (χ1v) is 12.8. The molecule has 1 saturated heterocycles. The number of fused-ring (bicyclic) bond motifs is 1. The van der Waals surface area contributed by atoms with Crippen molar-refractivity contribution in [3.8, 4) is 40.1 Å². The van der Waals surface area contributed by atoms with Gasteiger partial charge in [-0.15, -0.1) is 0 Å². The van der Waals surface area contributed by atoms with E-state index in [1.165, 1.54) is 54.6 Å². The maximum atomic E-state index is 13.5. The predicted octanol–water partition coefficient (Wildman–Crippen LogP) is 1.73. The molecule has 0 aliphatic carbocycles. The molecule has 3 aromatic carbocycles. The molecule has 13 nitrogen and oxygen atoms in total. The molecule has 0 spiro atoms. The van der Waals surface area contributed by atoms with E-state index < -0.39 is 66.0 Å². The van der Waals surface area contributed by atoms with Gasteiger partial charge in [0.15, 0.2) is 11.9 Å². The molecule has 43 heavy (non-hydrogen) atoms. The predicted molar refractivity (Wildman–Crippen MR) is 148 cm³/mol. The molecule has 1 aliphatic heterocycles. The highest BCUT2D eigenvalue weighted by atomic mass is 16.7. The van der Waals surface area contributed by atoms with Gasteiger partial charge in [-0.25, -0.2) is 4.79 Å². The molecule has 1 aromatic heterocycles. The monoisotopic (exact) mass is 594 g/mol. The Morgan fingerprint density at radius 1 is 0.884 bits per heavy atom. The van der Waals surface area contributed by atoms with Crippen LogP contribution in [0.4, 0.5) is 0 Å². The van der Waals surface area contributed by atoms with Crippen LogP contribution in [-0.4, -0.2) is 79.0 Å². The Hall–Kier alpha value is -5.08. The van der Waals surface area contributed by atoms with Gasteiger partial charge in [0.25, 0.3) is 0 Å². The van der Waals surface area contributed by atoms with Crippen LogP contribution in [0.15, 0.2) is 76.0 Å². The van der Waals surface area contributed by atoms with Gasteiger partial charge in [-0.2, -0.15) is 0 Å². The van der Waals surface area contributed by atoms with Gasteiger partial charge >= 0.3 is 5.97 Å². The maximum Gasteiger partial charge on any atom is 0.331 e. The molecule has 0 radical (unpaired) electrons. The Kier molecular flexibility index (Phi) is 8.23. The number of rotatable bonds is 7. The average molecular weight is 595 g/mol.